The largest absolute Gasteiger partial charge is 0.466 e. The molecule has 2 atom stereocenters. The van der Waals surface area contributed by atoms with Crippen LogP contribution in [0.15, 0.2) is 76.7 Å². The number of halogens is 2. The van der Waals surface area contributed by atoms with Gasteiger partial charge in [0.25, 0.3) is 0 Å². The second kappa shape index (κ2) is 13.9. The molecular weight excluding hydrogens is 695 g/mol. The number of rotatable bonds is 3. The van der Waals surface area contributed by atoms with Crippen molar-refractivity contribution in [3.8, 4) is 11.4 Å². The quantitative estimate of drug-likeness (QED) is 0.155. The second-order valence-electron chi connectivity index (χ2n) is 14.1. The number of hydrogen-bond donors (Lipinski definition) is 1. The van der Waals surface area contributed by atoms with Crippen molar-refractivity contribution in [2.75, 3.05) is 18.6 Å². The predicted molar refractivity (Wildman–Crippen MR) is 193 cm³/mol. The van der Waals surface area contributed by atoms with E-state index in [1.54, 1.807) is 25.4 Å². The Balaban J connectivity index is 1.53. The number of hydrogen-bond acceptors (Lipinski definition) is 7. The maximum Gasteiger partial charge on any atom is 0.330 e. The number of aromatic nitrogens is 4. The zero-order chi connectivity index (χ0) is 36.7. The number of benzene rings is 3. The van der Waals surface area contributed by atoms with Gasteiger partial charge in [-0.3, -0.25) is 0 Å². The molecule has 1 aliphatic heterocycles. The molecule has 0 fully saturated rings. The van der Waals surface area contributed by atoms with E-state index in [0.717, 1.165) is 11.1 Å². The summed E-state index contributed by atoms with van der Waals surface area (Å²) in [5.41, 5.74) is 0.967. The SMILES string of the molecule is COC(=O)/C=C/c1cccc(C2(C)CCCC(C)(C)CS(=O)(=O)CCc3c(c(F)cc4[nH]ccc34)S(=O)c3ccc(F)c(c3)-c3nc2nn3C)c1. The van der Waals surface area contributed by atoms with Gasteiger partial charge < -0.3 is 9.72 Å². The van der Waals surface area contributed by atoms with Crippen LogP contribution in [-0.2, 0) is 49.1 Å². The van der Waals surface area contributed by atoms with Gasteiger partial charge in [0.1, 0.15) is 11.6 Å². The third-order valence-corrected chi connectivity index (χ3v) is 13.2. The monoisotopic (exact) mass is 734 g/mol. The summed E-state index contributed by atoms with van der Waals surface area (Å²) < 4.78 is 79.3. The Hall–Kier alpha value is -4.49. The highest BCUT2D eigenvalue weighted by Gasteiger charge is 2.36. The van der Waals surface area contributed by atoms with E-state index in [4.69, 9.17) is 14.8 Å². The average Bonchev–Trinajstić information content (AvgIpc) is 3.71. The molecule has 51 heavy (non-hydrogen) atoms. The van der Waals surface area contributed by atoms with E-state index in [1.807, 2.05) is 45.0 Å². The third kappa shape index (κ3) is 7.45. The number of nitrogens with zero attached hydrogens (tertiary/aromatic N) is 3. The molecule has 268 valence electrons. The summed E-state index contributed by atoms with van der Waals surface area (Å²) in [5.74, 6) is -1.63. The van der Waals surface area contributed by atoms with Crippen molar-refractivity contribution in [1.82, 2.24) is 19.7 Å². The molecule has 1 N–H and O–H groups in total. The number of aromatic amines is 1. The van der Waals surface area contributed by atoms with Gasteiger partial charge in [-0.05, 0) is 84.7 Å². The molecule has 1 aliphatic rings. The van der Waals surface area contributed by atoms with Crippen molar-refractivity contribution in [3.05, 3.63) is 101 Å². The van der Waals surface area contributed by atoms with Gasteiger partial charge in [-0.2, -0.15) is 5.10 Å². The van der Waals surface area contributed by atoms with Crippen LogP contribution in [0.4, 0.5) is 8.78 Å². The lowest BCUT2D eigenvalue weighted by Gasteiger charge is -2.30. The molecule has 3 aromatic carbocycles. The molecule has 0 amide bonds. The van der Waals surface area contributed by atoms with Gasteiger partial charge in [0.05, 0.1) is 45.3 Å². The fourth-order valence-electron chi connectivity index (χ4n) is 6.95. The Labute approximate surface area is 298 Å². The maximum absolute atomic E-state index is 15.9. The molecule has 3 heterocycles. The summed E-state index contributed by atoms with van der Waals surface area (Å²) in [6, 6.07) is 14.4. The zero-order valence-electron chi connectivity index (χ0n) is 29.1. The molecule has 0 saturated heterocycles. The molecule has 4 bridgehead atoms. The van der Waals surface area contributed by atoms with Gasteiger partial charge in [-0.15, -0.1) is 0 Å². The molecule has 2 aromatic heterocycles. The lowest BCUT2D eigenvalue weighted by Crippen LogP contribution is -2.29. The van der Waals surface area contributed by atoms with Gasteiger partial charge in [-0.25, -0.2) is 35.9 Å². The van der Waals surface area contributed by atoms with Crippen LogP contribution in [-0.4, -0.2) is 57.0 Å². The van der Waals surface area contributed by atoms with Crippen molar-refractivity contribution in [3.63, 3.8) is 0 Å². The zero-order valence-corrected chi connectivity index (χ0v) is 30.8. The molecule has 0 saturated carbocycles. The molecule has 6 rings (SSSR count). The van der Waals surface area contributed by atoms with E-state index < -0.39 is 49.1 Å². The van der Waals surface area contributed by atoms with Crippen LogP contribution in [0.1, 0.15) is 62.5 Å². The molecule has 13 heteroatoms. The van der Waals surface area contributed by atoms with Crippen molar-refractivity contribution in [2.45, 2.75) is 61.7 Å². The van der Waals surface area contributed by atoms with Crippen LogP contribution >= 0.6 is 0 Å². The first-order chi connectivity index (χ1) is 24.1. The Morgan fingerprint density at radius 3 is 2.61 bits per heavy atom. The first-order valence-corrected chi connectivity index (χ1v) is 19.6. The van der Waals surface area contributed by atoms with Gasteiger partial charge >= 0.3 is 5.97 Å². The van der Waals surface area contributed by atoms with Crippen LogP contribution in [0.5, 0.6) is 0 Å². The smallest absolute Gasteiger partial charge is 0.330 e. The minimum absolute atomic E-state index is 0.0359. The highest BCUT2D eigenvalue weighted by molar-refractivity contribution is 7.91. The van der Waals surface area contributed by atoms with E-state index in [9.17, 15) is 17.4 Å². The van der Waals surface area contributed by atoms with Gasteiger partial charge in [-0.1, -0.05) is 44.5 Å². The second-order valence-corrected chi connectivity index (χ2v) is 17.7. The Morgan fingerprint density at radius 2 is 1.84 bits per heavy atom. The number of methoxy groups -OCH3 is 1. The number of esters is 1. The summed E-state index contributed by atoms with van der Waals surface area (Å²) in [6.07, 6.45) is 6.23. The molecular formula is C38H40F2N4O5S2. The molecule has 0 spiro atoms. The number of nitrogens with one attached hydrogen (secondary N) is 1. The number of carbonyl (C=O) groups is 1. The van der Waals surface area contributed by atoms with Crippen LogP contribution in [0.2, 0.25) is 0 Å². The predicted octanol–water partition coefficient (Wildman–Crippen LogP) is 7.07. The number of fused-ring (bicyclic) bond motifs is 8. The minimum Gasteiger partial charge on any atom is -0.466 e. The fourth-order valence-corrected chi connectivity index (χ4v) is 10.3. The highest BCUT2D eigenvalue weighted by Crippen LogP contribution is 2.40. The van der Waals surface area contributed by atoms with Crippen molar-refractivity contribution in [2.24, 2.45) is 12.5 Å². The van der Waals surface area contributed by atoms with E-state index in [-0.39, 0.29) is 39.1 Å². The summed E-state index contributed by atoms with van der Waals surface area (Å²) in [7, 11) is -2.84. The van der Waals surface area contributed by atoms with Crippen molar-refractivity contribution >= 4 is 43.6 Å². The summed E-state index contributed by atoms with van der Waals surface area (Å²) in [4.78, 5) is 19.7. The standard InChI is InChI=1S/C38H40F2N4O5S2/c1-37(2)16-7-17-38(3,25-9-6-8-24(20-25)10-13-33(45)49-5)36-42-35(44(4)43-36)29-21-26(11-12-30(29)39)50(46)34-28(15-19-51(47,48)23-37)27-14-18-41-32(27)22-31(34)40/h6,8-14,18,20-22,41H,7,15-17,19,23H2,1-5H3/b13-10+. The van der Waals surface area contributed by atoms with Gasteiger partial charge in [0.15, 0.2) is 21.5 Å². The van der Waals surface area contributed by atoms with Crippen molar-refractivity contribution < 1.29 is 30.9 Å². The Kier molecular flexibility index (Phi) is 9.90. The first kappa shape index (κ1) is 36.3. The van der Waals surface area contributed by atoms with E-state index >= 15 is 8.78 Å². The Bertz CT molecular complexity index is 2310. The number of sulfone groups is 1. The number of ether oxygens (including phenoxy) is 1. The Morgan fingerprint density at radius 1 is 1.06 bits per heavy atom. The van der Waals surface area contributed by atoms with Crippen molar-refractivity contribution in [1.29, 1.82) is 0 Å². The van der Waals surface area contributed by atoms with Crippen LogP contribution in [0, 0.1) is 17.0 Å². The van der Waals surface area contributed by atoms with Crippen LogP contribution < -0.4 is 0 Å². The van der Waals surface area contributed by atoms with Gasteiger partial charge in [0, 0.05) is 35.1 Å². The number of carbonyl (C=O) groups excluding carboxylic acids is 1. The lowest BCUT2D eigenvalue weighted by atomic mass is 9.75. The molecule has 5 aromatic rings. The fraction of sp³-hybridized carbons (Fsp3) is 0.342. The third-order valence-electron chi connectivity index (χ3n) is 9.64. The maximum atomic E-state index is 15.9. The molecule has 0 aliphatic carbocycles. The normalized spacial score (nSPS) is 20.8. The van der Waals surface area contributed by atoms with E-state index in [2.05, 4.69) is 4.98 Å². The number of aryl methyl sites for hydroxylation is 2. The summed E-state index contributed by atoms with van der Waals surface area (Å²) in [6.45, 7) is 5.82. The summed E-state index contributed by atoms with van der Waals surface area (Å²) in [5, 5.41) is 5.36. The average molecular weight is 735 g/mol. The van der Waals surface area contributed by atoms with Crippen LogP contribution in [0.25, 0.3) is 28.4 Å². The van der Waals surface area contributed by atoms with E-state index in [1.165, 1.54) is 42.1 Å². The van der Waals surface area contributed by atoms with Gasteiger partial charge in [0.2, 0.25) is 0 Å². The number of H-pyrrole nitrogens is 1. The highest BCUT2D eigenvalue weighted by atomic mass is 32.2. The topological polar surface area (TPSA) is 124 Å². The molecule has 9 nitrogen and oxygen atoms in total. The lowest BCUT2D eigenvalue weighted by molar-refractivity contribution is -0.134. The first-order valence-electron chi connectivity index (χ1n) is 16.6. The molecule has 2 unspecified atom stereocenters. The molecule has 0 radical (unpaired) electrons. The van der Waals surface area contributed by atoms with Crippen LogP contribution in [0.3, 0.4) is 0 Å². The summed E-state index contributed by atoms with van der Waals surface area (Å²) >= 11 is 0. The van der Waals surface area contributed by atoms with E-state index in [0.29, 0.717) is 41.6 Å². The minimum atomic E-state index is -3.65.